The van der Waals surface area contributed by atoms with Crippen molar-refractivity contribution < 1.29 is 9.53 Å². The second-order valence-corrected chi connectivity index (χ2v) is 5.40. The first-order chi connectivity index (χ1) is 8.41. The number of rotatable bonds is 4. The number of hydrogen-bond acceptors (Lipinski definition) is 3. The van der Waals surface area contributed by atoms with Gasteiger partial charge in [0.15, 0.2) is 5.11 Å². The van der Waals surface area contributed by atoms with E-state index in [0.717, 1.165) is 19.5 Å². The largest absolute Gasteiger partial charge is 0.385 e. The molecule has 0 spiro atoms. The SMILES string of the molecule is COCCCNC(=S)N1CCN(C)C(=O)C1(C)C. The number of likely N-dealkylation sites (N-methyl/N-ethyl adjacent to an activating group) is 1. The molecule has 0 aromatic carbocycles. The Kier molecular flexibility index (Phi) is 5.34. The second kappa shape index (κ2) is 6.33. The number of carbonyl (C=O) groups is 1. The van der Waals surface area contributed by atoms with E-state index in [-0.39, 0.29) is 5.91 Å². The van der Waals surface area contributed by atoms with Gasteiger partial charge in [-0.3, -0.25) is 4.79 Å². The van der Waals surface area contributed by atoms with Gasteiger partial charge in [-0.15, -0.1) is 0 Å². The van der Waals surface area contributed by atoms with Crippen molar-refractivity contribution in [1.82, 2.24) is 15.1 Å². The molecule has 1 N–H and O–H groups in total. The Bertz CT molecular complexity index is 320. The van der Waals surface area contributed by atoms with Crippen molar-refractivity contribution in [3.05, 3.63) is 0 Å². The first kappa shape index (κ1) is 15.2. The third kappa shape index (κ3) is 3.32. The van der Waals surface area contributed by atoms with Gasteiger partial charge >= 0.3 is 0 Å². The molecule has 0 aromatic rings. The van der Waals surface area contributed by atoms with E-state index in [9.17, 15) is 4.79 Å². The van der Waals surface area contributed by atoms with Gasteiger partial charge in [0, 0.05) is 40.4 Å². The number of hydrogen-bond donors (Lipinski definition) is 1. The van der Waals surface area contributed by atoms with Crippen LogP contribution in [0.4, 0.5) is 0 Å². The smallest absolute Gasteiger partial charge is 0.247 e. The summed E-state index contributed by atoms with van der Waals surface area (Å²) in [5, 5.41) is 3.84. The molecule has 104 valence electrons. The van der Waals surface area contributed by atoms with Crippen LogP contribution in [-0.2, 0) is 9.53 Å². The fourth-order valence-electron chi connectivity index (χ4n) is 2.08. The van der Waals surface area contributed by atoms with E-state index in [1.807, 2.05) is 25.8 Å². The summed E-state index contributed by atoms with van der Waals surface area (Å²) in [7, 11) is 3.51. The van der Waals surface area contributed by atoms with Crippen molar-refractivity contribution in [2.24, 2.45) is 0 Å². The van der Waals surface area contributed by atoms with Gasteiger partial charge in [-0.05, 0) is 32.5 Å². The summed E-state index contributed by atoms with van der Waals surface area (Å²) < 4.78 is 4.98. The molecule has 18 heavy (non-hydrogen) atoms. The number of piperazine rings is 1. The van der Waals surface area contributed by atoms with E-state index >= 15 is 0 Å². The molecule has 1 fully saturated rings. The summed E-state index contributed by atoms with van der Waals surface area (Å²) in [6.45, 7) is 6.78. The molecule has 1 saturated heterocycles. The van der Waals surface area contributed by atoms with E-state index in [0.29, 0.717) is 18.3 Å². The van der Waals surface area contributed by atoms with Gasteiger partial charge in [-0.1, -0.05) is 0 Å². The summed E-state index contributed by atoms with van der Waals surface area (Å²) in [5.74, 6) is 0.106. The molecule has 0 aromatic heterocycles. The molecule has 1 aliphatic rings. The normalized spacial score (nSPS) is 19.0. The van der Waals surface area contributed by atoms with Crippen molar-refractivity contribution >= 4 is 23.2 Å². The van der Waals surface area contributed by atoms with Gasteiger partial charge in [0.2, 0.25) is 5.91 Å². The van der Waals surface area contributed by atoms with Crippen LogP contribution in [0.1, 0.15) is 20.3 Å². The molecule has 0 saturated carbocycles. The predicted octanol–water partition coefficient (Wildman–Crippen LogP) is 0.450. The maximum Gasteiger partial charge on any atom is 0.247 e. The molecule has 1 heterocycles. The van der Waals surface area contributed by atoms with E-state index in [1.165, 1.54) is 0 Å². The molecular formula is C12H23N3O2S. The van der Waals surface area contributed by atoms with Crippen LogP contribution in [0.3, 0.4) is 0 Å². The number of amides is 1. The van der Waals surface area contributed by atoms with Gasteiger partial charge in [0.05, 0.1) is 0 Å². The van der Waals surface area contributed by atoms with Crippen molar-refractivity contribution in [3.8, 4) is 0 Å². The highest BCUT2D eigenvalue weighted by Crippen LogP contribution is 2.21. The van der Waals surface area contributed by atoms with Crippen LogP contribution in [-0.4, -0.2) is 66.8 Å². The van der Waals surface area contributed by atoms with Crippen molar-refractivity contribution in [1.29, 1.82) is 0 Å². The van der Waals surface area contributed by atoms with Gasteiger partial charge in [-0.2, -0.15) is 0 Å². The Hall–Kier alpha value is -0.880. The van der Waals surface area contributed by atoms with Crippen molar-refractivity contribution in [2.45, 2.75) is 25.8 Å². The maximum atomic E-state index is 12.1. The fourth-order valence-corrected chi connectivity index (χ4v) is 2.50. The monoisotopic (exact) mass is 273 g/mol. The summed E-state index contributed by atoms with van der Waals surface area (Å²) in [4.78, 5) is 15.8. The summed E-state index contributed by atoms with van der Waals surface area (Å²) in [5.41, 5.74) is -0.571. The van der Waals surface area contributed by atoms with Crippen molar-refractivity contribution in [2.75, 3.05) is 40.4 Å². The fraction of sp³-hybridized carbons (Fsp3) is 0.833. The summed E-state index contributed by atoms with van der Waals surface area (Å²) >= 11 is 5.37. The van der Waals surface area contributed by atoms with E-state index in [1.54, 1.807) is 12.0 Å². The molecule has 0 unspecified atom stereocenters. The molecule has 0 aliphatic carbocycles. The molecule has 0 atom stereocenters. The van der Waals surface area contributed by atoms with Crippen LogP contribution in [0.5, 0.6) is 0 Å². The average molecular weight is 273 g/mol. The summed E-state index contributed by atoms with van der Waals surface area (Å²) in [6.07, 6.45) is 0.902. The van der Waals surface area contributed by atoms with Crippen LogP contribution in [0.15, 0.2) is 0 Å². The predicted molar refractivity (Wildman–Crippen MR) is 75.5 cm³/mol. The first-order valence-electron chi connectivity index (χ1n) is 6.21. The van der Waals surface area contributed by atoms with Crippen LogP contribution in [0, 0.1) is 0 Å². The van der Waals surface area contributed by atoms with Gasteiger partial charge in [0.1, 0.15) is 5.54 Å². The number of thiocarbonyl (C=S) groups is 1. The zero-order valence-corrected chi connectivity index (χ0v) is 12.5. The average Bonchev–Trinajstić information content (AvgIpc) is 2.31. The summed E-state index contributed by atoms with van der Waals surface area (Å²) in [6, 6.07) is 0. The molecular weight excluding hydrogens is 250 g/mol. The number of nitrogens with zero attached hydrogens (tertiary/aromatic N) is 2. The third-order valence-electron chi connectivity index (χ3n) is 3.25. The molecule has 0 bridgehead atoms. The second-order valence-electron chi connectivity index (χ2n) is 5.02. The van der Waals surface area contributed by atoms with E-state index < -0.39 is 5.54 Å². The minimum atomic E-state index is -0.571. The highest BCUT2D eigenvalue weighted by molar-refractivity contribution is 7.80. The zero-order valence-electron chi connectivity index (χ0n) is 11.7. The minimum Gasteiger partial charge on any atom is -0.385 e. The van der Waals surface area contributed by atoms with Gasteiger partial charge in [0.25, 0.3) is 0 Å². The van der Waals surface area contributed by atoms with Gasteiger partial charge < -0.3 is 19.9 Å². The number of carbonyl (C=O) groups excluding carboxylic acids is 1. The Balaban J connectivity index is 2.54. The van der Waals surface area contributed by atoms with Crippen LogP contribution in [0.25, 0.3) is 0 Å². The number of methoxy groups -OCH3 is 1. The van der Waals surface area contributed by atoms with Crippen molar-refractivity contribution in [3.63, 3.8) is 0 Å². The van der Waals surface area contributed by atoms with E-state index in [2.05, 4.69) is 5.32 Å². The molecule has 0 radical (unpaired) electrons. The minimum absolute atomic E-state index is 0.106. The Labute approximate surface area is 114 Å². The number of ether oxygens (including phenoxy) is 1. The van der Waals surface area contributed by atoms with Crippen LogP contribution < -0.4 is 5.32 Å². The molecule has 1 amide bonds. The third-order valence-corrected chi connectivity index (χ3v) is 3.62. The van der Waals surface area contributed by atoms with Gasteiger partial charge in [-0.25, -0.2) is 0 Å². The highest BCUT2D eigenvalue weighted by Gasteiger charge is 2.41. The standard InChI is InChI=1S/C12H23N3O2S/c1-12(2)10(16)14(3)7-8-15(12)11(18)13-6-5-9-17-4/h5-9H2,1-4H3,(H,13,18). The lowest BCUT2D eigenvalue weighted by atomic mass is 9.98. The zero-order chi connectivity index (χ0) is 13.8. The molecule has 1 rings (SSSR count). The highest BCUT2D eigenvalue weighted by atomic mass is 32.1. The number of nitrogens with one attached hydrogen (secondary N) is 1. The van der Waals surface area contributed by atoms with Crippen LogP contribution >= 0.6 is 12.2 Å². The van der Waals surface area contributed by atoms with Crippen LogP contribution in [0.2, 0.25) is 0 Å². The maximum absolute atomic E-state index is 12.1. The molecule has 1 aliphatic heterocycles. The lowest BCUT2D eigenvalue weighted by Gasteiger charge is -2.46. The first-order valence-corrected chi connectivity index (χ1v) is 6.62. The van der Waals surface area contributed by atoms with E-state index in [4.69, 9.17) is 17.0 Å². The molecule has 5 nitrogen and oxygen atoms in total. The Morgan fingerprint density at radius 3 is 2.78 bits per heavy atom. The lowest BCUT2D eigenvalue weighted by Crippen LogP contribution is -2.65. The Morgan fingerprint density at radius 2 is 2.17 bits per heavy atom. The Morgan fingerprint density at radius 1 is 1.50 bits per heavy atom. The lowest BCUT2D eigenvalue weighted by molar-refractivity contribution is -0.143. The quantitative estimate of drug-likeness (QED) is 0.595. The topological polar surface area (TPSA) is 44.8 Å². The molecule has 6 heteroatoms.